The number of methoxy groups -OCH3 is 2. The van der Waals surface area contributed by atoms with Crippen LogP contribution in [0.5, 0.6) is 11.5 Å². The zero-order valence-corrected chi connectivity index (χ0v) is 21.0. The molecule has 2 rings (SSSR count). The van der Waals surface area contributed by atoms with Gasteiger partial charge in [0.25, 0.3) is 0 Å². The summed E-state index contributed by atoms with van der Waals surface area (Å²) < 4.78 is 11.0. The number of carbonyl (C=O) groups is 2. The molecule has 0 aliphatic heterocycles. The monoisotopic (exact) mass is 470 g/mol. The third-order valence-electron chi connectivity index (χ3n) is 5.76. The topological polar surface area (TPSA) is 88.1 Å². The molecule has 34 heavy (non-hydrogen) atoms. The molecule has 2 amide bonds. The van der Waals surface area contributed by atoms with E-state index in [4.69, 9.17) is 9.47 Å². The molecule has 0 aliphatic rings. The number of aliphatic carboxylic acids is 1. The molecule has 2 N–H and O–H groups in total. The van der Waals surface area contributed by atoms with Gasteiger partial charge >= 0.3 is 12.0 Å². The second-order valence-corrected chi connectivity index (χ2v) is 8.96. The van der Waals surface area contributed by atoms with Crippen LogP contribution in [-0.2, 0) is 17.8 Å². The first-order valence-corrected chi connectivity index (χ1v) is 11.8. The highest BCUT2D eigenvalue weighted by Crippen LogP contribution is 2.30. The summed E-state index contributed by atoms with van der Waals surface area (Å²) in [5.41, 5.74) is 3.00. The molecule has 7 nitrogen and oxygen atoms in total. The zero-order valence-electron chi connectivity index (χ0n) is 21.0. The molecular formula is C27H38N2O5. The van der Waals surface area contributed by atoms with Crippen LogP contribution in [0.4, 0.5) is 4.79 Å². The van der Waals surface area contributed by atoms with Crippen LogP contribution in [0.25, 0.3) is 0 Å². The third kappa shape index (κ3) is 8.28. The molecule has 0 fully saturated rings. The molecule has 0 unspecified atom stereocenters. The van der Waals surface area contributed by atoms with Gasteiger partial charge in [-0.05, 0) is 61.8 Å². The maximum absolute atomic E-state index is 13.2. The molecule has 7 heteroatoms. The highest BCUT2D eigenvalue weighted by Gasteiger charge is 2.24. The minimum Gasteiger partial charge on any atom is -0.496 e. The molecule has 0 spiro atoms. The van der Waals surface area contributed by atoms with Crippen molar-refractivity contribution in [2.24, 2.45) is 5.92 Å². The molecule has 0 saturated heterocycles. The van der Waals surface area contributed by atoms with Gasteiger partial charge < -0.3 is 24.8 Å². The van der Waals surface area contributed by atoms with Gasteiger partial charge in [-0.25, -0.2) is 9.59 Å². The number of hydrogen-bond donors (Lipinski definition) is 2. The fraction of sp³-hybridized carbons (Fsp3) is 0.481. The van der Waals surface area contributed by atoms with Crippen LogP contribution in [0.1, 0.15) is 49.8 Å². The van der Waals surface area contributed by atoms with Crippen molar-refractivity contribution in [3.05, 3.63) is 59.2 Å². The molecule has 186 valence electrons. The first kappa shape index (κ1) is 27.0. The molecule has 0 heterocycles. The SMILES string of the molecule is COc1cc(CN(CCCCc2ccccc2)C(=O)N[C@H](CC(C)C)C(=O)O)cc(OC)c1C. The maximum Gasteiger partial charge on any atom is 0.326 e. The van der Waals surface area contributed by atoms with Gasteiger partial charge in [-0.1, -0.05) is 44.2 Å². The second-order valence-electron chi connectivity index (χ2n) is 8.96. The molecule has 2 aromatic carbocycles. The van der Waals surface area contributed by atoms with Gasteiger partial charge in [0.05, 0.1) is 14.2 Å². The lowest BCUT2D eigenvalue weighted by atomic mass is 10.0. The van der Waals surface area contributed by atoms with E-state index >= 15 is 0 Å². The van der Waals surface area contributed by atoms with Crippen molar-refractivity contribution >= 4 is 12.0 Å². The van der Waals surface area contributed by atoms with E-state index in [1.54, 1.807) is 19.1 Å². The lowest BCUT2D eigenvalue weighted by Crippen LogP contribution is -2.48. The van der Waals surface area contributed by atoms with Crippen LogP contribution in [-0.4, -0.2) is 48.8 Å². The number of hydrogen-bond acceptors (Lipinski definition) is 4. The Morgan fingerprint density at radius 2 is 1.62 bits per heavy atom. The number of carboxylic acids is 1. The summed E-state index contributed by atoms with van der Waals surface area (Å²) in [6.07, 6.45) is 3.01. The molecular weight excluding hydrogens is 432 g/mol. The molecule has 1 atom stereocenters. The number of unbranched alkanes of at least 4 members (excludes halogenated alkanes) is 1. The Bertz CT molecular complexity index is 905. The van der Waals surface area contributed by atoms with Gasteiger partial charge in [-0.3, -0.25) is 0 Å². The van der Waals surface area contributed by atoms with Gasteiger partial charge in [0.1, 0.15) is 17.5 Å². The smallest absolute Gasteiger partial charge is 0.326 e. The zero-order chi connectivity index (χ0) is 25.1. The third-order valence-corrected chi connectivity index (χ3v) is 5.76. The summed E-state index contributed by atoms with van der Waals surface area (Å²) >= 11 is 0. The highest BCUT2D eigenvalue weighted by atomic mass is 16.5. The van der Waals surface area contributed by atoms with Crippen molar-refractivity contribution in [2.75, 3.05) is 20.8 Å². The molecule has 0 aliphatic carbocycles. The van der Waals surface area contributed by atoms with Crippen LogP contribution < -0.4 is 14.8 Å². The summed E-state index contributed by atoms with van der Waals surface area (Å²) in [5.74, 6) is 0.486. The molecule has 0 bridgehead atoms. The summed E-state index contributed by atoms with van der Waals surface area (Å²) in [7, 11) is 3.20. The normalized spacial score (nSPS) is 11.7. The average Bonchev–Trinajstić information content (AvgIpc) is 2.81. The van der Waals surface area contributed by atoms with Crippen molar-refractivity contribution in [2.45, 2.75) is 59.0 Å². The number of nitrogens with zero attached hydrogens (tertiary/aromatic N) is 1. The fourth-order valence-corrected chi connectivity index (χ4v) is 3.91. The van der Waals surface area contributed by atoms with E-state index in [1.165, 1.54) is 5.56 Å². The number of rotatable bonds is 13. The first-order chi connectivity index (χ1) is 16.2. The number of urea groups is 1. The van der Waals surface area contributed by atoms with Crippen molar-refractivity contribution in [3.63, 3.8) is 0 Å². The van der Waals surface area contributed by atoms with Gasteiger partial charge in [0.15, 0.2) is 0 Å². The first-order valence-electron chi connectivity index (χ1n) is 11.8. The van der Waals surface area contributed by atoms with Gasteiger partial charge in [0, 0.05) is 18.7 Å². The summed E-state index contributed by atoms with van der Waals surface area (Å²) in [5, 5.41) is 12.3. The van der Waals surface area contributed by atoms with E-state index < -0.39 is 12.0 Å². The lowest BCUT2D eigenvalue weighted by Gasteiger charge is -2.26. The Labute approximate surface area is 203 Å². The Morgan fingerprint density at radius 3 is 2.15 bits per heavy atom. The fourth-order valence-electron chi connectivity index (χ4n) is 3.91. The number of benzene rings is 2. The van der Waals surface area contributed by atoms with E-state index in [2.05, 4.69) is 17.4 Å². The predicted octanol–water partition coefficient (Wildman–Crippen LogP) is 5.05. The Kier molecular flexibility index (Phi) is 10.7. The van der Waals surface area contributed by atoms with Crippen molar-refractivity contribution < 1.29 is 24.2 Å². The summed E-state index contributed by atoms with van der Waals surface area (Å²) in [4.78, 5) is 26.6. The Hall–Kier alpha value is -3.22. The van der Waals surface area contributed by atoms with Crippen molar-refractivity contribution in [1.29, 1.82) is 0 Å². The number of aryl methyl sites for hydroxylation is 1. The maximum atomic E-state index is 13.2. The van der Waals surface area contributed by atoms with Gasteiger partial charge in [0.2, 0.25) is 0 Å². The molecule has 2 aromatic rings. The van der Waals surface area contributed by atoms with Gasteiger partial charge in [-0.2, -0.15) is 0 Å². The molecule has 0 aromatic heterocycles. The quantitative estimate of drug-likeness (QED) is 0.400. The number of nitrogens with one attached hydrogen (secondary N) is 1. The van der Waals surface area contributed by atoms with Crippen LogP contribution in [0.3, 0.4) is 0 Å². The Balaban J connectivity index is 2.16. The second kappa shape index (κ2) is 13.5. The minimum atomic E-state index is -1.02. The van der Waals surface area contributed by atoms with E-state index in [0.29, 0.717) is 31.0 Å². The van der Waals surface area contributed by atoms with Crippen molar-refractivity contribution in [3.8, 4) is 11.5 Å². The lowest BCUT2D eigenvalue weighted by molar-refractivity contribution is -0.139. The average molecular weight is 471 g/mol. The van der Waals surface area contributed by atoms with E-state index in [0.717, 1.165) is 30.4 Å². The number of amides is 2. The van der Waals surface area contributed by atoms with Crippen LogP contribution in [0, 0.1) is 12.8 Å². The highest BCUT2D eigenvalue weighted by molar-refractivity contribution is 5.82. The van der Waals surface area contributed by atoms with E-state index in [-0.39, 0.29) is 11.9 Å². The van der Waals surface area contributed by atoms with Crippen molar-refractivity contribution in [1.82, 2.24) is 10.2 Å². The molecule has 0 saturated carbocycles. The number of carboxylic acid groups (broad SMARTS) is 1. The minimum absolute atomic E-state index is 0.145. The Morgan fingerprint density at radius 1 is 1.00 bits per heavy atom. The van der Waals surface area contributed by atoms with Crippen LogP contribution in [0.15, 0.2) is 42.5 Å². The van der Waals surface area contributed by atoms with Crippen LogP contribution >= 0.6 is 0 Å². The van der Waals surface area contributed by atoms with Gasteiger partial charge in [-0.15, -0.1) is 0 Å². The predicted molar refractivity (Wildman–Crippen MR) is 133 cm³/mol. The van der Waals surface area contributed by atoms with Crippen LogP contribution in [0.2, 0.25) is 0 Å². The standard InChI is InChI=1S/C27H38N2O5/c1-19(2)15-23(26(30)31)28-27(32)29(14-10-9-13-21-11-7-6-8-12-21)18-22-16-24(33-4)20(3)25(17-22)34-5/h6-8,11-12,16-17,19,23H,9-10,13-15,18H2,1-5H3,(H,28,32)(H,30,31)/t23-/m1/s1. The summed E-state index contributed by atoms with van der Waals surface area (Å²) in [6.45, 7) is 6.62. The summed E-state index contributed by atoms with van der Waals surface area (Å²) in [6, 6.07) is 12.7. The number of ether oxygens (including phenoxy) is 2. The largest absolute Gasteiger partial charge is 0.496 e. The van der Waals surface area contributed by atoms with E-state index in [1.807, 2.05) is 51.1 Å². The molecule has 0 radical (unpaired) electrons. The van der Waals surface area contributed by atoms with E-state index in [9.17, 15) is 14.7 Å². The number of carbonyl (C=O) groups excluding carboxylic acids is 1.